The van der Waals surface area contributed by atoms with Gasteiger partial charge in [-0.1, -0.05) is 35.9 Å². The highest BCUT2D eigenvalue weighted by Crippen LogP contribution is 2.27. The molecule has 2 saturated heterocycles. The molecule has 13 heteroatoms. The summed E-state index contributed by atoms with van der Waals surface area (Å²) in [5.74, 6) is -0.739. The van der Waals surface area contributed by atoms with E-state index in [1.165, 1.54) is 0 Å². The number of hydrogen-bond acceptors (Lipinski definition) is 6. The number of sulfonamides is 1. The van der Waals surface area contributed by atoms with Crippen LogP contribution in [0.5, 0.6) is 0 Å². The van der Waals surface area contributed by atoms with E-state index in [4.69, 9.17) is 11.6 Å². The fourth-order valence-electron chi connectivity index (χ4n) is 5.18. The molecule has 216 valence electrons. The van der Waals surface area contributed by atoms with Crippen LogP contribution < -0.4 is 14.9 Å². The van der Waals surface area contributed by atoms with Gasteiger partial charge in [0.2, 0.25) is 21.8 Å². The van der Waals surface area contributed by atoms with Crippen LogP contribution in [0.25, 0.3) is 0 Å². The number of carbonyl (C=O) groups excluding carboxylic acids is 2. The number of piperidine rings is 1. The summed E-state index contributed by atoms with van der Waals surface area (Å²) in [5, 5.41) is 13.0. The number of carbonyl (C=O) groups is 3. The Hall–Kier alpha value is -3.51. The van der Waals surface area contributed by atoms with Crippen molar-refractivity contribution in [1.82, 2.24) is 15.1 Å². The van der Waals surface area contributed by atoms with Crippen LogP contribution in [-0.2, 0) is 26.0 Å². The molecule has 0 radical (unpaired) electrons. The third kappa shape index (κ3) is 7.57. The molecule has 4 rings (SSSR count). The maximum absolute atomic E-state index is 13.7. The number of carboxylic acid groups (broad SMARTS) is 1. The topological polar surface area (TPSA) is 139 Å². The number of para-hydroxylation sites is 2. The summed E-state index contributed by atoms with van der Waals surface area (Å²) < 4.78 is 26.2. The lowest BCUT2D eigenvalue weighted by molar-refractivity contribution is -0.138. The number of halogens is 1. The number of nitrogens with zero attached hydrogens (tertiary/aromatic N) is 3. The zero-order chi connectivity index (χ0) is 28.9. The van der Waals surface area contributed by atoms with Gasteiger partial charge in [0.1, 0.15) is 12.1 Å². The second-order valence-electron chi connectivity index (χ2n) is 10.1. The van der Waals surface area contributed by atoms with Crippen LogP contribution >= 0.6 is 11.6 Å². The maximum atomic E-state index is 13.7. The Morgan fingerprint density at radius 3 is 2.33 bits per heavy atom. The van der Waals surface area contributed by atoms with E-state index in [9.17, 15) is 27.9 Å². The van der Waals surface area contributed by atoms with E-state index in [0.717, 1.165) is 28.8 Å². The molecule has 0 spiro atoms. The summed E-state index contributed by atoms with van der Waals surface area (Å²) in [7, 11) is -3.47. The summed E-state index contributed by atoms with van der Waals surface area (Å²) >= 11 is 6.03. The lowest BCUT2D eigenvalue weighted by Gasteiger charge is -2.39. The monoisotopic (exact) mass is 591 g/mol. The molecule has 2 aromatic carbocycles. The first-order valence-electron chi connectivity index (χ1n) is 13.2. The van der Waals surface area contributed by atoms with E-state index >= 15 is 0 Å². The van der Waals surface area contributed by atoms with Crippen molar-refractivity contribution < 1.29 is 27.9 Å². The summed E-state index contributed by atoms with van der Waals surface area (Å²) in [5.41, 5.74) is 1.99. The van der Waals surface area contributed by atoms with Crippen molar-refractivity contribution >= 4 is 50.9 Å². The number of rotatable bonds is 8. The lowest BCUT2D eigenvalue weighted by Crippen LogP contribution is -2.59. The van der Waals surface area contributed by atoms with Gasteiger partial charge in [0.25, 0.3) is 0 Å². The van der Waals surface area contributed by atoms with Gasteiger partial charge in [-0.2, -0.15) is 0 Å². The van der Waals surface area contributed by atoms with Crippen LogP contribution in [0.1, 0.15) is 24.8 Å². The standard InChI is InChI=1S/C27H34ClN5O6S/c1-40(38,39)30-21-6-2-3-7-23(21)31-14-16-32(17-15-31)26(35)22(18-19-9-11-20(28)12-10-19)29-25(34)24-8-4-5-13-33(24)27(36)37/h2-3,6-7,9-12,22,24,30H,4-5,8,13-18H2,1H3,(H,29,34)(H,36,37)/t22-,24?/m1/s1. The van der Waals surface area contributed by atoms with Gasteiger partial charge >= 0.3 is 6.09 Å². The van der Waals surface area contributed by atoms with E-state index < -0.39 is 34.1 Å². The molecule has 2 heterocycles. The van der Waals surface area contributed by atoms with E-state index in [2.05, 4.69) is 10.0 Å². The van der Waals surface area contributed by atoms with Crippen molar-refractivity contribution in [2.75, 3.05) is 48.6 Å². The molecule has 1 unspecified atom stereocenters. The van der Waals surface area contributed by atoms with Crippen LogP contribution in [0.15, 0.2) is 48.5 Å². The highest BCUT2D eigenvalue weighted by Gasteiger charge is 2.36. The molecule has 2 aliphatic heterocycles. The Balaban J connectivity index is 1.48. The first kappa shape index (κ1) is 29.5. The van der Waals surface area contributed by atoms with Crippen LogP contribution in [0, 0.1) is 0 Å². The van der Waals surface area contributed by atoms with E-state index in [0.29, 0.717) is 49.7 Å². The van der Waals surface area contributed by atoms with Crippen LogP contribution in [0.4, 0.5) is 16.2 Å². The lowest BCUT2D eigenvalue weighted by atomic mass is 10.00. The van der Waals surface area contributed by atoms with Gasteiger partial charge in [0, 0.05) is 44.2 Å². The van der Waals surface area contributed by atoms with Crippen molar-refractivity contribution in [3.63, 3.8) is 0 Å². The Bertz CT molecular complexity index is 1330. The van der Waals surface area contributed by atoms with Crippen molar-refractivity contribution in [1.29, 1.82) is 0 Å². The number of amides is 3. The largest absolute Gasteiger partial charge is 0.465 e. The Kier molecular flexibility index (Phi) is 9.41. The Morgan fingerprint density at radius 2 is 1.68 bits per heavy atom. The minimum absolute atomic E-state index is 0.225. The van der Waals surface area contributed by atoms with Crippen molar-refractivity contribution in [3.8, 4) is 0 Å². The van der Waals surface area contributed by atoms with Gasteiger partial charge in [-0.25, -0.2) is 13.2 Å². The molecule has 2 atom stereocenters. The first-order chi connectivity index (χ1) is 19.0. The van der Waals surface area contributed by atoms with Crippen molar-refractivity contribution in [2.24, 2.45) is 0 Å². The van der Waals surface area contributed by atoms with Gasteiger partial charge in [-0.05, 0) is 49.1 Å². The van der Waals surface area contributed by atoms with Crippen molar-refractivity contribution in [2.45, 2.75) is 37.8 Å². The fraction of sp³-hybridized carbons (Fsp3) is 0.444. The van der Waals surface area contributed by atoms with Gasteiger partial charge in [0.05, 0.1) is 17.6 Å². The van der Waals surface area contributed by atoms with E-state index in [1.54, 1.807) is 41.3 Å². The zero-order valence-corrected chi connectivity index (χ0v) is 23.8. The fourth-order valence-corrected chi connectivity index (χ4v) is 5.88. The molecule has 0 aliphatic carbocycles. The molecule has 40 heavy (non-hydrogen) atoms. The van der Waals surface area contributed by atoms with E-state index in [1.807, 2.05) is 17.0 Å². The maximum Gasteiger partial charge on any atom is 0.407 e. The third-order valence-corrected chi connectivity index (χ3v) is 7.99. The molecule has 2 aliphatic rings. The van der Waals surface area contributed by atoms with Crippen LogP contribution in [-0.4, -0.2) is 92.3 Å². The minimum Gasteiger partial charge on any atom is -0.465 e. The van der Waals surface area contributed by atoms with Crippen LogP contribution in [0.3, 0.4) is 0 Å². The molecule has 0 bridgehead atoms. The number of benzene rings is 2. The summed E-state index contributed by atoms with van der Waals surface area (Å²) in [6.45, 7) is 1.94. The number of hydrogen-bond donors (Lipinski definition) is 3. The number of piperazine rings is 1. The second-order valence-corrected chi connectivity index (χ2v) is 12.3. The Morgan fingerprint density at radius 1 is 1.00 bits per heavy atom. The molecular formula is C27H34ClN5O6S. The average Bonchev–Trinajstić information content (AvgIpc) is 2.93. The predicted molar refractivity (Wildman–Crippen MR) is 153 cm³/mol. The van der Waals surface area contributed by atoms with Crippen LogP contribution in [0.2, 0.25) is 5.02 Å². The molecule has 3 amide bonds. The van der Waals surface area contributed by atoms with E-state index in [-0.39, 0.29) is 18.9 Å². The quantitative estimate of drug-likeness (QED) is 0.429. The van der Waals surface area contributed by atoms with Gasteiger partial charge < -0.3 is 20.2 Å². The summed E-state index contributed by atoms with van der Waals surface area (Å²) in [4.78, 5) is 43.6. The SMILES string of the molecule is CS(=O)(=O)Nc1ccccc1N1CCN(C(=O)[C@@H](Cc2ccc(Cl)cc2)NC(=O)C2CCCCN2C(=O)O)CC1. The average molecular weight is 592 g/mol. The number of nitrogens with one attached hydrogen (secondary N) is 2. The highest BCUT2D eigenvalue weighted by molar-refractivity contribution is 7.92. The molecule has 3 N–H and O–H groups in total. The molecule has 11 nitrogen and oxygen atoms in total. The predicted octanol–water partition coefficient (Wildman–Crippen LogP) is 2.62. The second kappa shape index (κ2) is 12.8. The van der Waals surface area contributed by atoms with Gasteiger partial charge in [-0.3, -0.25) is 19.2 Å². The molecular weight excluding hydrogens is 558 g/mol. The molecule has 0 saturated carbocycles. The van der Waals surface area contributed by atoms with Gasteiger partial charge in [-0.15, -0.1) is 0 Å². The molecule has 0 aromatic heterocycles. The smallest absolute Gasteiger partial charge is 0.407 e. The third-order valence-electron chi connectivity index (χ3n) is 7.15. The highest BCUT2D eigenvalue weighted by atomic mass is 35.5. The van der Waals surface area contributed by atoms with Crippen molar-refractivity contribution in [3.05, 3.63) is 59.1 Å². The first-order valence-corrected chi connectivity index (χ1v) is 15.4. The Labute approximate surface area is 239 Å². The van der Waals surface area contributed by atoms with Gasteiger partial charge in [0.15, 0.2) is 0 Å². The number of anilines is 2. The molecule has 2 fully saturated rings. The zero-order valence-electron chi connectivity index (χ0n) is 22.3. The minimum atomic E-state index is -3.47. The summed E-state index contributed by atoms with van der Waals surface area (Å²) in [6.07, 6.45) is 1.99. The molecule has 2 aromatic rings. The normalized spacial score (nSPS) is 18.6. The number of likely N-dealkylation sites (tertiary alicyclic amines) is 1. The summed E-state index contributed by atoms with van der Waals surface area (Å²) in [6, 6.07) is 12.4.